The molecule has 2 amide bonds. The first-order valence-electron chi connectivity index (χ1n) is 10.7. The molecular formula is C26H24N2O6. The number of aryl methyl sites for hydroxylation is 1. The van der Waals surface area contributed by atoms with Gasteiger partial charge < -0.3 is 24.8 Å². The Bertz CT molecular complexity index is 1210. The van der Waals surface area contributed by atoms with E-state index in [0.717, 1.165) is 5.56 Å². The van der Waals surface area contributed by atoms with E-state index >= 15 is 0 Å². The van der Waals surface area contributed by atoms with Crippen molar-refractivity contribution in [2.24, 2.45) is 0 Å². The molecule has 0 spiro atoms. The van der Waals surface area contributed by atoms with Crippen LogP contribution in [0.1, 0.15) is 23.7 Å². The Morgan fingerprint density at radius 3 is 2.56 bits per heavy atom. The third kappa shape index (κ3) is 5.17. The van der Waals surface area contributed by atoms with Crippen molar-refractivity contribution in [1.82, 2.24) is 0 Å². The van der Waals surface area contributed by atoms with Crippen molar-refractivity contribution >= 4 is 29.2 Å². The fraction of sp³-hybridized carbons (Fsp3) is 0.192. The molecule has 0 saturated carbocycles. The van der Waals surface area contributed by atoms with E-state index in [-0.39, 0.29) is 6.42 Å². The largest absolute Gasteiger partial charge is 0.495 e. The van der Waals surface area contributed by atoms with Gasteiger partial charge in [-0.15, -0.1) is 0 Å². The van der Waals surface area contributed by atoms with Crippen LogP contribution in [0.15, 0.2) is 72.8 Å². The summed E-state index contributed by atoms with van der Waals surface area (Å²) < 4.78 is 16.6. The zero-order valence-corrected chi connectivity index (χ0v) is 18.7. The Balaban J connectivity index is 1.51. The SMILES string of the molecule is COc1ccc(C)cc1NC(=O)[C@@H](OC(=O)C[C@H]1Oc2ccccc2NC1=O)c1ccccc1. The average molecular weight is 460 g/mol. The fourth-order valence-electron chi connectivity index (χ4n) is 3.58. The van der Waals surface area contributed by atoms with Gasteiger partial charge in [-0.25, -0.2) is 0 Å². The molecule has 0 unspecified atom stereocenters. The average Bonchev–Trinajstić information content (AvgIpc) is 2.83. The van der Waals surface area contributed by atoms with Crippen molar-refractivity contribution in [3.8, 4) is 11.5 Å². The monoisotopic (exact) mass is 460 g/mol. The van der Waals surface area contributed by atoms with Crippen LogP contribution in [-0.4, -0.2) is 31.0 Å². The number of carbonyl (C=O) groups excluding carboxylic acids is 3. The molecule has 2 N–H and O–H groups in total. The summed E-state index contributed by atoms with van der Waals surface area (Å²) in [5, 5.41) is 5.49. The van der Waals surface area contributed by atoms with Crippen LogP contribution in [0.4, 0.5) is 11.4 Å². The van der Waals surface area contributed by atoms with E-state index in [0.29, 0.717) is 28.4 Å². The number of benzene rings is 3. The van der Waals surface area contributed by atoms with Crippen LogP contribution in [0.5, 0.6) is 11.5 Å². The molecule has 174 valence electrons. The smallest absolute Gasteiger partial charge is 0.311 e. The van der Waals surface area contributed by atoms with E-state index in [4.69, 9.17) is 14.2 Å². The first-order valence-corrected chi connectivity index (χ1v) is 10.7. The van der Waals surface area contributed by atoms with E-state index < -0.39 is 30.0 Å². The van der Waals surface area contributed by atoms with Crippen molar-refractivity contribution < 1.29 is 28.6 Å². The maximum Gasteiger partial charge on any atom is 0.311 e. The molecule has 8 heteroatoms. The number of nitrogens with one attached hydrogen (secondary N) is 2. The lowest BCUT2D eigenvalue weighted by molar-refractivity contribution is -0.157. The van der Waals surface area contributed by atoms with Crippen molar-refractivity contribution in [2.45, 2.75) is 25.6 Å². The summed E-state index contributed by atoms with van der Waals surface area (Å²) in [5.74, 6) is -0.824. The van der Waals surface area contributed by atoms with Gasteiger partial charge >= 0.3 is 5.97 Å². The topological polar surface area (TPSA) is 103 Å². The van der Waals surface area contributed by atoms with Crippen LogP contribution in [0.25, 0.3) is 0 Å². The number of carbonyl (C=O) groups is 3. The summed E-state index contributed by atoms with van der Waals surface area (Å²) in [6, 6.07) is 20.9. The van der Waals surface area contributed by atoms with Gasteiger partial charge in [-0.05, 0) is 36.8 Å². The van der Waals surface area contributed by atoms with Crippen LogP contribution in [0, 0.1) is 6.92 Å². The second kappa shape index (κ2) is 10.1. The van der Waals surface area contributed by atoms with Gasteiger partial charge in [0.2, 0.25) is 6.10 Å². The van der Waals surface area contributed by atoms with Crippen molar-refractivity contribution in [3.63, 3.8) is 0 Å². The molecule has 1 aliphatic heterocycles. The molecule has 0 fully saturated rings. The number of hydrogen-bond donors (Lipinski definition) is 2. The summed E-state index contributed by atoms with van der Waals surface area (Å²) in [5.41, 5.74) is 2.39. The van der Waals surface area contributed by atoms with Gasteiger partial charge in [-0.3, -0.25) is 14.4 Å². The first kappa shape index (κ1) is 22.8. The molecule has 3 aromatic rings. The highest BCUT2D eigenvalue weighted by molar-refractivity contribution is 6.00. The maximum atomic E-state index is 13.2. The standard InChI is InChI=1S/C26H24N2O6/c1-16-12-13-20(32-2)19(14-16)28-26(31)24(17-8-4-3-5-9-17)34-23(29)15-22-25(30)27-18-10-6-7-11-21(18)33-22/h3-14,22,24H,15H2,1-2H3,(H,27,30)(H,28,31)/t22-,24+/m1/s1. The summed E-state index contributed by atoms with van der Waals surface area (Å²) in [4.78, 5) is 38.4. The number of rotatable bonds is 7. The van der Waals surface area contributed by atoms with Crippen LogP contribution < -0.4 is 20.1 Å². The number of para-hydroxylation sites is 2. The third-order valence-electron chi connectivity index (χ3n) is 5.26. The highest BCUT2D eigenvalue weighted by Gasteiger charge is 2.33. The Morgan fingerprint density at radius 1 is 1.06 bits per heavy atom. The number of anilines is 2. The minimum Gasteiger partial charge on any atom is -0.495 e. The lowest BCUT2D eigenvalue weighted by Gasteiger charge is -2.26. The molecule has 3 aromatic carbocycles. The lowest BCUT2D eigenvalue weighted by Crippen LogP contribution is -2.39. The number of fused-ring (bicyclic) bond motifs is 1. The Morgan fingerprint density at radius 2 is 1.79 bits per heavy atom. The number of ether oxygens (including phenoxy) is 3. The van der Waals surface area contributed by atoms with E-state index in [1.54, 1.807) is 66.7 Å². The van der Waals surface area contributed by atoms with Crippen molar-refractivity contribution in [1.29, 1.82) is 0 Å². The number of methoxy groups -OCH3 is 1. The molecule has 0 aliphatic carbocycles. The van der Waals surface area contributed by atoms with E-state index in [1.165, 1.54) is 7.11 Å². The molecule has 0 aromatic heterocycles. The van der Waals surface area contributed by atoms with Gasteiger partial charge in [0.1, 0.15) is 11.5 Å². The van der Waals surface area contributed by atoms with Gasteiger partial charge in [0.15, 0.2) is 6.10 Å². The molecule has 1 heterocycles. The summed E-state index contributed by atoms with van der Waals surface area (Å²) >= 11 is 0. The van der Waals surface area contributed by atoms with Gasteiger partial charge in [0, 0.05) is 5.56 Å². The zero-order valence-electron chi connectivity index (χ0n) is 18.7. The van der Waals surface area contributed by atoms with Gasteiger partial charge in [0.25, 0.3) is 11.8 Å². The Kier molecular flexibility index (Phi) is 6.77. The predicted molar refractivity (Wildman–Crippen MR) is 126 cm³/mol. The van der Waals surface area contributed by atoms with E-state index in [2.05, 4.69) is 10.6 Å². The van der Waals surface area contributed by atoms with Gasteiger partial charge in [-0.1, -0.05) is 48.5 Å². The number of hydrogen-bond acceptors (Lipinski definition) is 6. The second-order valence-electron chi connectivity index (χ2n) is 7.77. The zero-order chi connectivity index (χ0) is 24.1. The lowest BCUT2D eigenvalue weighted by atomic mass is 10.1. The maximum absolute atomic E-state index is 13.2. The van der Waals surface area contributed by atoms with E-state index in [9.17, 15) is 14.4 Å². The third-order valence-corrected chi connectivity index (χ3v) is 5.26. The normalized spacial score (nSPS) is 15.2. The summed E-state index contributed by atoms with van der Waals surface area (Å²) in [6.45, 7) is 1.89. The summed E-state index contributed by atoms with van der Waals surface area (Å²) in [6.07, 6.45) is -2.67. The van der Waals surface area contributed by atoms with Crippen molar-refractivity contribution in [2.75, 3.05) is 17.7 Å². The number of amides is 2. The van der Waals surface area contributed by atoms with E-state index in [1.807, 2.05) is 13.0 Å². The Hall–Kier alpha value is -4.33. The Labute approximate surface area is 196 Å². The number of esters is 1. The minimum atomic E-state index is -1.24. The van der Waals surface area contributed by atoms with Crippen LogP contribution in [0.3, 0.4) is 0 Å². The highest BCUT2D eigenvalue weighted by atomic mass is 16.6. The van der Waals surface area contributed by atoms with Crippen molar-refractivity contribution in [3.05, 3.63) is 83.9 Å². The summed E-state index contributed by atoms with van der Waals surface area (Å²) in [7, 11) is 1.50. The molecule has 1 aliphatic rings. The molecule has 0 saturated heterocycles. The fourth-order valence-corrected chi connectivity index (χ4v) is 3.58. The quantitative estimate of drug-likeness (QED) is 0.517. The van der Waals surface area contributed by atoms with Crippen LogP contribution in [0.2, 0.25) is 0 Å². The van der Waals surface area contributed by atoms with Crippen LogP contribution >= 0.6 is 0 Å². The molecule has 8 nitrogen and oxygen atoms in total. The highest BCUT2D eigenvalue weighted by Crippen LogP contribution is 2.31. The molecule has 0 bridgehead atoms. The molecule has 2 atom stereocenters. The second-order valence-corrected chi connectivity index (χ2v) is 7.77. The molecule has 0 radical (unpaired) electrons. The van der Waals surface area contributed by atoms with Gasteiger partial charge in [-0.2, -0.15) is 0 Å². The minimum absolute atomic E-state index is 0.357. The molecule has 34 heavy (non-hydrogen) atoms. The predicted octanol–water partition coefficient (Wildman–Crippen LogP) is 4.02. The molecular weight excluding hydrogens is 436 g/mol. The first-order chi connectivity index (χ1) is 16.4. The van der Waals surface area contributed by atoms with Crippen LogP contribution in [-0.2, 0) is 19.1 Å². The van der Waals surface area contributed by atoms with Gasteiger partial charge in [0.05, 0.1) is 24.9 Å². The molecule has 4 rings (SSSR count).